The van der Waals surface area contributed by atoms with Gasteiger partial charge in [0.25, 0.3) is 0 Å². The largest absolute Gasteiger partial charge is 0.472 e. The Morgan fingerprint density at radius 1 is 1.11 bits per heavy atom. The molecule has 1 heterocycles. The number of hydrogen-bond acceptors (Lipinski definition) is 3. The van der Waals surface area contributed by atoms with Gasteiger partial charge in [-0.3, -0.25) is 0 Å². The molecule has 6 heteroatoms. The van der Waals surface area contributed by atoms with Crippen LogP contribution in [0.15, 0.2) is 47.3 Å². The predicted octanol–water partition coefficient (Wildman–Crippen LogP) is 2.60. The Hall–Kier alpha value is -1.30. The highest BCUT2D eigenvalue weighted by Crippen LogP contribution is 2.11. The molecule has 0 aliphatic rings. The van der Waals surface area contributed by atoms with Gasteiger partial charge in [-0.15, -0.1) is 0 Å². The molecule has 102 valence electrons. The van der Waals surface area contributed by atoms with Gasteiger partial charge in [-0.05, 0) is 35.7 Å². The average Bonchev–Trinajstić information content (AvgIpc) is 2.85. The third-order valence-corrected chi connectivity index (χ3v) is 4.19. The van der Waals surface area contributed by atoms with Crippen molar-refractivity contribution in [2.75, 3.05) is 6.54 Å². The fourth-order valence-electron chi connectivity index (χ4n) is 1.64. The van der Waals surface area contributed by atoms with Gasteiger partial charge in [-0.25, -0.2) is 13.1 Å². The van der Waals surface area contributed by atoms with Crippen LogP contribution < -0.4 is 4.72 Å². The number of sulfonamides is 1. The molecule has 0 radical (unpaired) electrons. The van der Waals surface area contributed by atoms with Crippen molar-refractivity contribution in [2.45, 2.75) is 12.2 Å². The second-order valence-electron chi connectivity index (χ2n) is 4.16. The molecule has 0 saturated heterocycles. The summed E-state index contributed by atoms with van der Waals surface area (Å²) >= 11 is 5.75. The minimum atomic E-state index is -3.32. The maximum absolute atomic E-state index is 11.8. The highest BCUT2D eigenvalue weighted by molar-refractivity contribution is 7.88. The topological polar surface area (TPSA) is 59.3 Å². The van der Waals surface area contributed by atoms with Gasteiger partial charge in [-0.2, -0.15) is 0 Å². The molecule has 0 aliphatic heterocycles. The van der Waals surface area contributed by atoms with Crippen LogP contribution in [0, 0.1) is 0 Å². The van der Waals surface area contributed by atoms with Crippen molar-refractivity contribution < 1.29 is 12.8 Å². The molecule has 0 amide bonds. The summed E-state index contributed by atoms with van der Waals surface area (Å²) in [6.45, 7) is 0.357. The number of benzene rings is 1. The summed E-state index contributed by atoms with van der Waals surface area (Å²) in [6.07, 6.45) is 3.78. The smallest absolute Gasteiger partial charge is 0.215 e. The second kappa shape index (κ2) is 6.23. The first-order chi connectivity index (χ1) is 9.05. The molecule has 0 saturated carbocycles. The molecular formula is C13H14ClNO3S. The van der Waals surface area contributed by atoms with E-state index in [1.54, 1.807) is 36.8 Å². The maximum atomic E-state index is 11.8. The van der Waals surface area contributed by atoms with Crippen molar-refractivity contribution in [3.05, 3.63) is 59.0 Å². The van der Waals surface area contributed by atoms with Gasteiger partial charge < -0.3 is 4.42 Å². The van der Waals surface area contributed by atoms with Gasteiger partial charge in [-0.1, -0.05) is 23.7 Å². The molecule has 2 rings (SSSR count). The third kappa shape index (κ3) is 4.70. The summed E-state index contributed by atoms with van der Waals surface area (Å²) in [5.41, 5.74) is 1.68. The van der Waals surface area contributed by atoms with Crippen LogP contribution in [-0.2, 0) is 22.2 Å². The fourth-order valence-corrected chi connectivity index (χ4v) is 2.91. The lowest BCUT2D eigenvalue weighted by molar-refractivity contribution is 0.562. The molecule has 2 aromatic rings. The Kier molecular flexibility index (Phi) is 4.63. The second-order valence-corrected chi connectivity index (χ2v) is 6.40. The van der Waals surface area contributed by atoms with E-state index < -0.39 is 10.0 Å². The molecule has 0 unspecified atom stereocenters. The van der Waals surface area contributed by atoms with Gasteiger partial charge in [0.2, 0.25) is 10.0 Å². The summed E-state index contributed by atoms with van der Waals surface area (Å²) in [4.78, 5) is 0. The molecule has 1 N–H and O–H groups in total. The Morgan fingerprint density at radius 3 is 2.47 bits per heavy atom. The minimum absolute atomic E-state index is 0.0461. The van der Waals surface area contributed by atoms with Gasteiger partial charge in [0.15, 0.2) is 0 Å². The van der Waals surface area contributed by atoms with Crippen LogP contribution in [0.2, 0.25) is 5.02 Å². The van der Waals surface area contributed by atoms with Crippen LogP contribution in [0.3, 0.4) is 0 Å². The number of rotatable bonds is 6. The van der Waals surface area contributed by atoms with Crippen LogP contribution in [0.4, 0.5) is 0 Å². The lowest BCUT2D eigenvalue weighted by atomic mass is 10.2. The Labute approximate surface area is 117 Å². The predicted molar refractivity (Wildman–Crippen MR) is 74.5 cm³/mol. The summed E-state index contributed by atoms with van der Waals surface area (Å²) in [5, 5.41) is 0.592. The maximum Gasteiger partial charge on any atom is 0.215 e. The van der Waals surface area contributed by atoms with Crippen LogP contribution in [0.1, 0.15) is 11.1 Å². The SMILES string of the molecule is O=S(=O)(Cc1ccc(Cl)cc1)NCCc1ccoc1. The quantitative estimate of drug-likeness (QED) is 0.892. The molecule has 4 nitrogen and oxygen atoms in total. The zero-order chi connectivity index (χ0) is 13.7. The molecule has 0 bridgehead atoms. The molecule has 1 aromatic carbocycles. The van der Waals surface area contributed by atoms with E-state index in [4.69, 9.17) is 16.0 Å². The van der Waals surface area contributed by atoms with Crippen molar-refractivity contribution in [1.29, 1.82) is 0 Å². The molecular weight excluding hydrogens is 286 g/mol. The first-order valence-corrected chi connectivity index (χ1v) is 7.81. The highest BCUT2D eigenvalue weighted by atomic mass is 35.5. The Balaban J connectivity index is 1.86. The van der Waals surface area contributed by atoms with Gasteiger partial charge >= 0.3 is 0 Å². The highest BCUT2D eigenvalue weighted by Gasteiger charge is 2.10. The number of halogens is 1. The van der Waals surface area contributed by atoms with E-state index in [0.717, 1.165) is 5.56 Å². The molecule has 0 atom stereocenters. The van der Waals surface area contributed by atoms with Gasteiger partial charge in [0.1, 0.15) is 0 Å². The number of nitrogens with one attached hydrogen (secondary N) is 1. The van der Waals surface area contributed by atoms with Crippen molar-refractivity contribution in [2.24, 2.45) is 0 Å². The summed E-state index contributed by atoms with van der Waals surface area (Å²) in [5.74, 6) is -0.0461. The monoisotopic (exact) mass is 299 g/mol. The summed E-state index contributed by atoms with van der Waals surface area (Å²) in [6, 6.07) is 8.58. The standard InChI is InChI=1S/C13H14ClNO3S/c14-13-3-1-12(2-4-13)10-19(16,17)15-7-5-11-6-8-18-9-11/h1-4,6,8-9,15H,5,7,10H2. The van der Waals surface area contributed by atoms with E-state index in [0.29, 0.717) is 23.6 Å². The lowest BCUT2D eigenvalue weighted by Gasteiger charge is -2.06. The van der Waals surface area contributed by atoms with Gasteiger partial charge in [0.05, 0.1) is 18.3 Å². The van der Waals surface area contributed by atoms with Crippen molar-refractivity contribution in [1.82, 2.24) is 4.72 Å². The van der Waals surface area contributed by atoms with E-state index >= 15 is 0 Å². The van der Waals surface area contributed by atoms with Crippen molar-refractivity contribution in [3.8, 4) is 0 Å². The van der Waals surface area contributed by atoms with Crippen LogP contribution in [-0.4, -0.2) is 15.0 Å². The van der Waals surface area contributed by atoms with E-state index in [1.165, 1.54) is 0 Å². The number of hydrogen-bond donors (Lipinski definition) is 1. The zero-order valence-electron chi connectivity index (χ0n) is 10.2. The lowest BCUT2D eigenvalue weighted by Crippen LogP contribution is -2.27. The van der Waals surface area contributed by atoms with Gasteiger partial charge in [0, 0.05) is 11.6 Å². The molecule has 1 aromatic heterocycles. The number of furan rings is 1. The molecule has 0 fully saturated rings. The first-order valence-electron chi connectivity index (χ1n) is 5.78. The average molecular weight is 300 g/mol. The summed E-state index contributed by atoms with van der Waals surface area (Å²) < 4.78 is 31.2. The van der Waals surface area contributed by atoms with Crippen molar-refractivity contribution in [3.63, 3.8) is 0 Å². The van der Waals surface area contributed by atoms with Crippen molar-refractivity contribution >= 4 is 21.6 Å². The fraction of sp³-hybridized carbons (Fsp3) is 0.231. The normalized spacial score (nSPS) is 11.6. The molecule has 0 spiro atoms. The van der Waals surface area contributed by atoms with E-state index in [2.05, 4.69) is 4.72 Å². The van der Waals surface area contributed by atoms with E-state index in [-0.39, 0.29) is 5.75 Å². The molecule has 19 heavy (non-hydrogen) atoms. The summed E-state index contributed by atoms with van der Waals surface area (Å²) in [7, 11) is -3.32. The van der Waals surface area contributed by atoms with Crippen LogP contribution in [0.5, 0.6) is 0 Å². The van der Waals surface area contributed by atoms with E-state index in [9.17, 15) is 8.42 Å². The van der Waals surface area contributed by atoms with Crippen LogP contribution >= 0.6 is 11.6 Å². The third-order valence-electron chi connectivity index (χ3n) is 2.59. The Bertz CT molecular complexity index is 606. The first kappa shape index (κ1) is 14.1. The molecule has 0 aliphatic carbocycles. The zero-order valence-corrected chi connectivity index (χ0v) is 11.7. The van der Waals surface area contributed by atoms with Crippen LogP contribution in [0.25, 0.3) is 0 Å². The van der Waals surface area contributed by atoms with E-state index in [1.807, 2.05) is 6.07 Å². The minimum Gasteiger partial charge on any atom is -0.472 e. The Morgan fingerprint density at radius 2 is 1.84 bits per heavy atom.